The standard InChI is InChI=1S/C14H14NO6.K/c1-14(2)20-12(16)11(13(17)21-14)10(8-15(18)19)9-6-4-3-5-7-9;/h3-7,10H,8H2,1-2H3;/q-1;+1. The summed E-state index contributed by atoms with van der Waals surface area (Å²) >= 11 is 0. The molecule has 0 radical (unpaired) electrons. The van der Waals surface area contributed by atoms with E-state index in [1.165, 1.54) is 13.8 Å². The Bertz CT molecular complexity index is 554. The second-order valence-corrected chi connectivity index (χ2v) is 5.07. The summed E-state index contributed by atoms with van der Waals surface area (Å²) in [6.45, 7) is 2.25. The van der Waals surface area contributed by atoms with Crippen LogP contribution in [0, 0.1) is 16.0 Å². The molecule has 8 heteroatoms. The van der Waals surface area contributed by atoms with Crippen molar-refractivity contribution >= 4 is 11.9 Å². The van der Waals surface area contributed by atoms with Gasteiger partial charge in [-0.25, -0.2) is 0 Å². The quantitative estimate of drug-likeness (QED) is 0.218. The molecule has 7 nitrogen and oxygen atoms in total. The van der Waals surface area contributed by atoms with Gasteiger partial charge in [0.25, 0.3) is 0 Å². The average molecular weight is 331 g/mol. The van der Waals surface area contributed by atoms with Gasteiger partial charge in [-0.05, 0) is 5.92 Å². The zero-order valence-corrected chi connectivity index (χ0v) is 15.7. The minimum Gasteiger partial charge on any atom is -0.447 e. The number of esters is 2. The van der Waals surface area contributed by atoms with Gasteiger partial charge in [0.1, 0.15) is 0 Å². The molecule has 1 aliphatic rings. The van der Waals surface area contributed by atoms with Crippen LogP contribution in [-0.2, 0) is 19.1 Å². The Labute approximate surface area is 169 Å². The molecule has 2 rings (SSSR count). The number of ether oxygens (including phenoxy) is 2. The number of carbonyl (C=O) groups excluding carboxylic acids is 2. The Morgan fingerprint density at radius 1 is 1.18 bits per heavy atom. The van der Waals surface area contributed by atoms with Crippen LogP contribution in [0.3, 0.4) is 0 Å². The van der Waals surface area contributed by atoms with Gasteiger partial charge in [0.05, 0.1) is 0 Å². The molecule has 1 fully saturated rings. The SMILES string of the molecule is CC1(C)OC(=O)[C-](C(C[N+](=O)[O-])c2ccccc2)C(=O)O1.[K+]. The number of hydrogen-bond acceptors (Lipinski definition) is 6. The molecule has 0 aliphatic carbocycles. The predicted octanol–water partition coefficient (Wildman–Crippen LogP) is -1.54. The minimum atomic E-state index is -1.37. The first-order valence-corrected chi connectivity index (χ1v) is 6.30. The average Bonchev–Trinajstić information content (AvgIpc) is 2.36. The van der Waals surface area contributed by atoms with Crippen molar-refractivity contribution in [1.29, 1.82) is 0 Å². The molecule has 1 heterocycles. The molecule has 22 heavy (non-hydrogen) atoms. The summed E-state index contributed by atoms with van der Waals surface area (Å²) in [5, 5.41) is 10.9. The van der Waals surface area contributed by atoms with Gasteiger partial charge in [0.2, 0.25) is 5.79 Å². The molecule has 0 saturated carbocycles. The monoisotopic (exact) mass is 331 g/mol. The van der Waals surface area contributed by atoms with E-state index in [4.69, 9.17) is 9.47 Å². The van der Waals surface area contributed by atoms with E-state index in [1.807, 2.05) is 0 Å². The molecule has 1 aromatic rings. The van der Waals surface area contributed by atoms with Crippen molar-refractivity contribution < 1.29 is 75.4 Å². The second kappa shape index (κ2) is 7.56. The molecule has 0 aromatic heterocycles. The van der Waals surface area contributed by atoms with Gasteiger partial charge < -0.3 is 9.47 Å². The predicted molar refractivity (Wildman–Crippen MR) is 70.6 cm³/mol. The van der Waals surface area contributed by atoms with Crippen LogP contribution < -0.4 is 51.4 Å². The summed E-state index contributed by atoms with van der Waals surface area (Å²) in [7, 11) is 0. The summed E-state index contributed by atoms with van der Waals surface area (Å²) < 4.78 is 10.00. The normalized spacial score (nSPS) is 17.8. The van der Waals surface area contributed by atoms with Gasteiger partial charge in [-0.1, -0.05) is 35.9 Å². The maximum Gasteiger partial charge on any atom is 1.00 e. The van der Waals surface area contributed by atoms with Crippen molar-refractivity contribution in [3.05, 3.63) is 51.9 Å². The zero-order valence-electron chi connectivity index (χ0n) is 12.6. The van der Waals surface area contributed by atoms with Crippen LogP contribution in [-0.4, -0.2) is 29.2 Å². The van der Waals surface area contributed by atoms with Crippen LogP contribution in [0.15, 0.2) is 30.3 Å². The van der Waals surface area contributed by atoms with E-state index in [0.29, 0.717) is 5.56 Å². The molecule has 0 bridgehead atoms. The van der Waals surface area contributed by atoms with Crippen LogP contribution in [0.1, 0.15) is 25.3 Å². The number of cyclic esters (lactones) is 2. The van der Waals surface area contributed by atoms with Crippen LogP contribution in [0.2, 0.25) is 0 Å². The fraction of sp³-hybridized carbons (Fsp3) is 0.357. The smallest absolute Gasteiger partial charge is 0.447 e. The van der Waals surface area contributed by atoms with Gasteiger partial charge in [0.15, 0.2) is 18.5 Å². The number of nitro groups is 1. The Hall–Kier alpha value is -0.934. The molecule has 1 aromatic carbocycles. The summed E-state index contributed by atoms with van der Waals surface area (Å²) in [4.78, 5) is 34.3. The van der Waals surface area contributed by atoms with E-state index in [0.717, 1.165) is 0 Å². The molecule has 0 N–H and O–H groups in total. The number of carbonyl (C=O) groups is 2. The molecular formula is C14H14KNO6. The largest absolute Gasteiger partial charge is 1.00 e. The first-order chi connectivity index (χ1) is 9.80. The Balaban J connectivity index is 0.00000242. The first-order valence-electron chi connectivity index (χ1n) is 6.30. The van der Waals surface area contributed by atoms with E-state index in [2.05, 4.69) is 0 Å². The number of hydrogen-bond donors (Lipinski definition) is 0. The van der Waals surface area contributed by atoms with Crippen molar-refractivity contribution in [3.8, 4) is 0 Å². The third-order valence-corrected chi connectivity index (χ3v) is 3.00. The first kappa shape index (κ1) is 19.1. The van der Waals surface area contributed by atoms with Crippen molar-refractivity contribution in [2.45, 2.75) is 25.6 Å². The maximum atomic E-state index is 12.0. The molecule has 1 saturated heterocycles. The Morgan fingerprint density at radius 2 is 1.68 bits per heavy atom. The van der Waals surface area contributed by atoms with E-state index in [9.17, 15) is 19.7 Å². The van der Waals surface area contributed by atoms with E-state index >= 15 is 0 Å². The summed E-state index contributed by atoms with van der Waals surface area (Å²) in [5.74, 6) is -4.48. The van der Waals surface area contributed by atoms with E-state index in [1.54, 1.807) is 30.3 Å². The van der Waals surface area contributed by atoms with Gasteiger partial charge >= 0.3 is 51.4 Å². The molecule has 1 aliphatic heterocycles. The van der Waals surface area contributed by atoms with Crippen LogP contribution in [0.25, 0.3) is 0 Å². The van der Waals surface area contributed by atoms with Crippen molar-refractivity contribution in [2.24, 2.45) is 0 Å². The van der Waals surface area contributed by atoms with Gasteiger partial charge in [-0.3, -0.25) is 19.7 Å². The van der Waals surface area contributed by atoms with Crippen molar-refractivity contribution in [3.63, 3.8) is 0 Å². The number of benzene rings is 1. The summed E-state index contributed by atoms with van der Waals surface area (Å²) in [6, 6.07) is 8.31. The third-order valence-electron chi connectivity index (χ3n) is 3.00. The zero-order chi connectivity index (χ0) is 15.6. The molecule has 0 amide bonds. The second-order valence-electron chi connectivity index (χ2n) is 5.07. The van der Waals surface area contributed by atoms with E-state index < -0.39 is 35.1 Å². The number of rotatable bonds is 4. The molecule has 0 spiro atoms. The molecule has 112 valence electrons. The Morgan fingerprint density at radius 3 is 2.14 bits per heavy atom. The van der Waals surface area contributed by atoms with Gasteiger partial charge in [-0.15, -0.1) is 0 Å². The fourth-order valence-electron chi connectivity index (χ4n) is 2.14. The Kier molecular flexibility index (Phi) is 6.57. The molecule has 1 atom stereocenters. The topological polar surface area (TPSA) is 95.7 Å². The van der Waals surface area contributed by atoms with Crippen LogP contribution >= 0.6 is 0 Å². The fourth-order valence-corrected chi connectivity index (χ4v) is 2.14. The van der Waals surface area contributed by atoms with Crippen LogP contribution in [0.4, 0.5) is 0 Å². The van der Waals surface area contributed by atoms with Crippen LogP contribution in [0.5, 0.6) is 0 Å². The summed E-state index contributed by atoms with van der Waals surface area (Å²) in [5.41, 5.74) is 0.484. The third kappa shape index (κ3) is 4.53. The van der Waals surface area contributed by atoms with Crippen molar-refractivity contribution in [2.75, 3.05) is 6.54 Å². The van der Waals surface area contributed by atoms with Gasteiger partial charge in [0, 0.05) is 18.8 Å². The minimum absolute atomic E-state index is 0. The maximum absolute atomic E-state index is 12.0. The number of nitrogens with zero attached hydrogens (tertiary/aromatic N) is 1. The van der Waals surface area contributed by atoms with E-state index in [-0.39, 0.29) is 57.3 Å². The summed E-state index contributed by atoms with van der Waals surface area (Å²) in [6.07, 6.45) is 0. The molecular weight excluding hydrogens is 317 g/mol. The molecule has 1 unspecified atom stereocenters. The van der Waals surface area contributed by atoms with Gasteiger partial charge in [-0.2, -0.15) is 5.92 Å². The van der Waals surface area contributed by atoms with Crippen molar-refractivity contribution in [1.82, 2.24) is 0 Å².